The normalized spacial score (nSPS) is 10.5. The molecule has 0 fully saturated rings. The number of carbonyl (C=O) groups is 2. The van der Waals surface area contributed by atoms with Gasteiger partial charge in [0.1, 0.15) is 0 Å². The maximum Gasteiger partial charge on any atom is 0.311 e. The van der Waals surface area contributed by atoms with E-state index in [0.29, 0.717) is 5.56 Å². The van der Waals surface area contributed by atoms with Crippen molar-refractivity contribution in [3.8, 4) is 5.75 Å². The molecule has 0 radical (unpaired) electrons. The predicted octanol–water partition coefficient (Wildman–Crippen LogP) is 0.773. The summed E-state index contributed by atoms with van der Waals surface area (Å²) in [7, 11) is 0. The lowest BCUT2D eigenvalue weighted by molar-refractivity contribution is -0.385. The summed E-state index contributed by atoms with van der Waals surface area (Å²) in [4.78, 5) is 33.0. The second-order valence-corrected chi connectivity index (χ2v) is 4.46. The fourth-order valence-electron chi connectivity index (χ4n) is 1.64. The second kappa shape index (κ2) is 7.54. The third-order valence-electron chi connectivity index (χ3n) is 2.75. The lowest BCUT2D eigenvalue weighted by Crippen LogP contribution is -2.34. The summed E-state index contributed by atoms with van der Waals surface area (Å²) < 4.78 is 4.86. The van der Waals surface area contributed by atoms with Crippen LogP contribution in [0, 0.1) is 10.1 Å². The minimum Gasteiger partial charge on any atom is -0.502 e. The predicted molar refractivity (Wildman–Crippen MR) is 81.5 cm³/mol. The number of nitro groups is 1. The number of hydrazone groups is 1. The first-order valence-corrected chi connectivity index (χ1v) is 6.58. The molecule has 0 bridgehead atoms. The van der Waals surface area contributed by atoms with Crippen molar-refractivity contribution in [3.63, 3.8) is 0 Å². The van der Waals surface area contributed by atoms with E-state index in [9.17, 15) is 24.8 Å². The number of nitro benzene ring substituents is 1. The molecule has 1 aromatic carbocycles. The van der Waals surface area contributed by atoms with E-state index in [1.165, 1.54) is 30.7 Å². The molecule has 0 unspecified atom stereocenters. The lowest BCUT2D eigenvalue weighted by Gasteiger charge is -2.02. The van der Waals surface area contributed by atoms with Crippen LogP contribution in [0.2, 0.25) is 0 Å². The molecule has 3 N–H and O–H groups in total. The molecule has 0 spiro atoms. The van der Waals surface area contributed by atoms with Crippen LogP contribution in [0.15, 0.2) is 46.1 Å². The molecule has 0 aliphatic carbocycles. The average molecular weight is 332 g/mol. The van der Waals surface area contributed by atoms with Gasteiger partial charge in [0.05, 0.1) is 23.9 Å². The number of carbonyl (C=O) groups excluding carboxylic acids is 2. The quantitative estimate of drug-likeness (QED) is 0.404. The SMILES string of the molecule is O=C(CNC(=O)c1ccco1)N/N=C\c1ccc(O)c([N+](=O)[O-])c1. The molecule has 0 aliphatic rings. The highest BCUT2D eigenvalue weighted by molar-refractivity contribution is 5.94. The van der Waals surface area contributed by atoms with Crippen molar-refractivity contribution in [1.82, 2.24) is 10.7 Å². The molecule has 2 aromatic rings. The summed E-state index contributed by atoms with van der Waals surface area (Å²) in [6.45, 7) is -0.327. The van der Waals surface area contributed by atoms with Gasteiger partial charge in [0.15, 0.2) is 11.5 Å². The van der Waals surface area contributed by atoms with Crippen LogP contribution in [-0.4, -0.2) is 34.6 Å². The standard InChI is InChI=1S/C14H12N4O6/c19-11-4-3-9(6-10(11)18(22)23)7-16-17-13(20)8-15-14(21)12-2-1-5-24-12/h1-7,19H,8H2,(H,15,21)(H,17,20)/b16-7-. The van der Waals surface area contributed by atoms with Gasteiger partial charge in [-0.25, -0.2) is 5.43 Å². The molecule has 1 aromatic heterocycles. The Kier molecular flexibility index (Phi) is 5.24. The molecule has 0 saturated carbocycles. The van der Waals surface area contributed by atoms with Crippen molar-refractivity contribution in [2.75, 3.05) is 6.54 Å². The van der Waals surface area contributed by atoms with Gasteiger partial charge in [0.2, 0.25) is 0 Å². The molecule has 10 nitrogen and oxygen atoms in total. The fraction of sp³-hybridized carbons (Fsp3) is 0.0714. The number of hydrogen-bond donors (Lipinski definition) is 3. The van der Waals surface area contributed by atoms with Crippen LogP contribution < -0.4 is 10.7 Å². The number of nitrogens with zero attached hydrogens (tertiary/aromatic N) is 2. The zero-order chi connectivity index (χ0) is 17.5. The number of phenolic OH excluding ortho intramolecular Hbond substituents is 1. The summed E-state index contributed by atoms with van der Waals surface area (Å²) in [5.74, 6) is -1.54. The molecule has 1 heterocycles. The maximum absolute atomic E-state index is 11.5. The van der Waals surface area contributed by atoms with Gasteiger partial charge < -0.3 is 14.8 Å². The van der Waals surface area contributed by atoms with Gasteiger partial charge in [-0.15, -0.1) is 0 Å². The largest absolute Gasteiger partial charge is 0.502 e. The molecule has 0 saturated heterocycles. The van der Waals surface area contributed by atoms with Gasteiger partial charge in [-0.05, 0) is 24.3 Å². The summed E-state index contributed by atoms with van der Waals surface area (Å²) in [5, 5.41) is 25.9. The Morgan fingerprint density at radius 2 is 2.17 bits per heavy atom. The third-order valence-corrected chi connectivity index (χ3v) is 2.75. The van der Waals surface area contributed by atoms with E-state index in [0.717, 1.165) is 12.1 Å². The Bertz CT molecular complexity index is 785. The molecule has 0 atom stereocenters. The number of phenols is 1. The van der Waals surface area contributed by atoms with Gasteiger partial charge >= 0.3 is 5.69 Å². The molecule has 0 aliphatic heterocycles. The van der Waals surface area contributed by atoms with Crippen LogP contribution >= 0.6 is 0 Å². The number of rotatable bonds is 6. The number of nitrogens with one attached hydrogen (secondary N) is 2. The summed E-state index contributed by atoms with van der Waals surface area (Å²) >= 11 is 0. The van der Waals surface area contributed by atoms with Crippen LogP contribution in [-0.2, 0) is 4.79 Å². The van der Waals surface area contributed by atoms with E-state index < -0.39 is 28.2 Å². The smallest absolute Gasteiger partial charge is 0.311 e. The van der Waals surface area contributed by atoms with Gasteiger partial charge in [-0.2, -0.15) is 5.10 Å². The highest BCUT2D eigenvalue weighted by atomic mass is 16.6. The van der Waals surface area contributed by atoms with Crippen molar-refractivity contribution >= 4 is 23.7 Å². The van der Waals surface area contributed by atoms with Crippen LogP contribution in [0.4, 0.5) is 5.69 Å². The van der Waals surface area contributed by atoms with Crippen molar-refractivity contribution in [2.45, 2.75) is 0 Å². The van der Waals surface area contributed by atoms with Crippen LogP contribution in [0.5, 0.6) is 5.75 Å². The first-order chi connectivity index (χ1) is 11.5. The number of hydrogen-bond acceptors (Lipinski definition) is 7. The lowest BCUT2D eigenvalue weighted by atomic mass is 10.2. The Labute approximate surface area is 134 Å². The molecular formula is C14H12N4O6. The number of benzene rings is 1. The highest BCUT2D eigenvalue weighted by Gasteiger charge is 2.13. The zero-order valence-corrected chi connectivity index (χ0v) is 12.1. The van der Waals surface area contributed by atoms with Crippen LogP contribution in [0.1, 0.15) is 16.1 Å². The Balaban J connectivity index is 1.85. The molecule has 2 amide bonds. The first-order valence-electron chi connectivity index (χ1n) is 6.58. The Hall–Kier alpha value is -3.69. The Morgan fingerprint density at radius 1 is 1.38 bits per heavy atom. The van der Waals surface area contributed by atoms with Crippen molar-refractivity contribution in [3.05, 3.63) is 58.0 Å². The highest BCUT2D eigenvalue weighted by Crippen LogP contribution is 2.25. The third kappa shape index (κ3) is 4.40. The molecule has 24 heavy (non-hydrogen) atoms. The topological polar surface area (TPSA) is 147 Å². The van der Waals surface area contributed by atoms with E-state index in [-0.39, 0.29) is 12.3 Å². The van der Waals surface area contributed by atoms with Crippen LogP contribution in [0.25, 0.3) is 0 Å². The summed E-state index contributed by atoms with van der Waals surface area (Å²) in [6.07, 6.45) is 2.49. The van der Waals surface area contributed by atoms with Crippen molar-refractivity contribution in [1.29, 1.82) is 0 Å². The summed E-state index contributed by atoms with van der Waals surface area (Å²) in [5.41, 5.74) is 1.98. The zero-order valence-electron chi connectivity index (χ0n) is 12.1. The van der Waals surface area contributed by atoms with Crippen LogP contribution in [0.3, 0.4) is 0 Å². The van der Waals surface area contributed by atoms with Crippen molar-refractivity contribution < 1.29 is 24.0 Å². The summed E-state index contributed by atoms with van der Waals surface area (Å²) in [6, 6.07) is 6.62. The molecule has 2 rings (SSSR count). The number of furan rings is 1. The second-order valence-electron chi connectivity index (χ2n) is 4.46. The van der Waals surface area contributed by atoms with Gasteiger partial charge in [0.25, 0.3) is 11.8 Å². The van der Waals surface area contributed by atoms with E-state index in [1.54, 1.807) is 0 Å². The van der Waals surface area contributed by atoms with Gasteiger partial charge in [-0.3, -0.25) is 19.7 Å². The van der Waals surface area contributed by atoms with E-state index in [1.807, 2.05) is 0 Å². The minimum absolute atomic E-state index is 0.0719. The van der Waals surface area contributed by atoms with E-state index in [2.05, 4.69) is 15.8 Å². The average Bonchev–Trinajstić information content (AvgIpc) is 3.08. The van der Waals surface area contributed by atoms with Crippen molar-refractivity contribution in [2.24, 2.45) is 5.10 Å². The minimum atomic E-state index is -0.741. The number of amides is 2. The molecule has 124 valence electrons. The van der Waals surface area contributed by atoms with Gasteiger partial charge in [0, 0.05) is 11.6 Å². The molecule has 10 heteroatoms. The van der Waals surface area contributed by atoms with E-state index in [4.69, 9.17) is 4.42 Å². The Morgan fingerprint density at radius 3 is 2.83 bits per heavy atom. The number of aromatic hydroxyl groups is 1. The molecular weight excluding hydrogens is 320 g/mol. The van der Waals surface area contributed by atoms with E-state index >= 15 is 0 Å². The maximum atomic E-state index is 11.5. The first kappa shape index (κ1) is 16.7. The monoisotopic (exact) mass is 332 g/mol. The fourth-order valence-corrected chi connectivity index (χ4v) is 1.64. The van der Waals surface area contributed by atoms with Gasteiger partial charge in [-0.1, -0.05) is 0 Å².